The molecule has 1 N–H and O–H groups in total. The third-order valence-electron chi connectivity index (χ3n) is 2.49. The van der Waals surface area contributed by atoms with Gasteiger partial charge in [0, 0.05) is 19.3 Å². The molecule has 2 aromatic heterocycles. The summed E-state index contributed by atoms with van der Waals surface area (Å²) in [5.74, 6) is 1.19. The molecular formula is C13H20N4O2. The van der Waals surface area contributed by atoms with Crippen molar-refractivity contribution in [1.29, 1.82) is 0 Å². The van der Waals surface area contributed by atoms with Crippen LogP contribution < -0.4 is 10.1 Å². The monoisotopic (exact) mass is 264 g/mol. The molecule has 0 aliphatic rings. The Morgan fingerprint density at radius 1 is 1.47 bits per heavy atom. The molecule has 0 atom stereocenters. The van der Waals surface area contributed by atoms with E-state index in [2.05, 4.69) is 15.3 Å². The fourth-order valence-electron chi connectivity index (χ4n) is 1.69. The number of amides is 1. The van der Waals surface area contributed by atoms with Gasteiger partial charge in [-0.2, -0.15) is 4.98 Å². The molecule has 0 spiro atoms. The number of aromatic nitrogens is 3. The smallest absolute Gasteiger partial charge is 0.223 e. The van der Waals surface area contributed by atoms with Crippen molar-refractivity contribution in [3.05, 3.63) is 23.8 Å². The fraction of sp³-hybridized carbons (Fsp3) is 0.462. The average Bonchev–Trinajstić information content (AvgIpc) is 2.89. The first-order chi connectivity index (χ1) is 9.13. The molecule has 0 aliphatic heterocycles. The Kier molecular flexibility index (Phi) is 5.29. The van der Waals surface area contributed by atoms with Crippen LogP contribution in [0.5, 0.6) is 5.88 Å². The lowest BCUT2D eigenvalue weighted by molar-refractivity contribution is -0.119. The molecule has 6 nitrogen and oxygen atoms in total. The molecule has 0 radical (unpaired) electrons. The Labute approximate surface area is 112 Å². The van der Waals surface area contributed by atoms with Crippen LogP contribution in [0.4, 0.5) is 0 Å². The lowest BCUT2D eigenvalue weighted by Gasteiger charge is -2.11. The summed E-state index contributed by atoms with van der Waals surface area (Å²) < 4.78 is 7.08. The zero-order chi connectivity index (χ0) is 14.4. The van der Waals surface area contributed by atoms with Crippen LogP contribution in [0.25, 0.3) is 5.65 Å². The van der Waals surface area contributed by atoms with Gasteiger partial charge in [0.2, 0.25) is 11.8 Å². The second kappa shape index (κ2) is 6.72. The Morgan fingerprint density at radius 2 is 2.16 bits per heavy atom. The highest BCUT2D eigenvalue weighted by Gasteiger charge is 2.13. The van der Waals surface area contributed by atoms with Gasteiger partial charge in [-0.1, -0.05) is 13.8 Å². The van der Waals surface area contributed by atoms with Crippen LogP contribution in [0.3, 0.4) is 0 Å². The predicted octanol–water partition coefficient (Wildman–Crippen LogP) is 1.71. The highest BCUT2D eigenvalue weighted by atomic mass is 16.5. The number of carbonyl (C=O) groups excluding carboxylic acids is 1. The summed E-state index contributed by atoms with van der Waals surface area (Å²) in [6.45, 7) is 7.70. The molecule has 104 valence electrons. The molecule has 2 rings (SSSR count). The van der Waals surface area contributed by atoms with Crippen molar-refractivity contribution >= 4 is 11.6 Å². The van der Waals surface area contributed by atoms with Crippen LogP contribution >= 0.6 is 0 Å². The van der Waals surface area contributed by atoms with Gasteiger partial charge in [0.25, 0.3) is 0 Å². The number of hydrogen-bond acceptors (Lipinski definition) is 4. The van der Waals surface area contributed by atoms with Crippen molar-refractivity contribution in [2.75, 3.05) is 7.11 Å². The van der Waals surface area contributed by atoms with E-state index in [-0.39, 0.29) is 5.91 Å². The average molecular weight is 264 g/mol. The van der Waals surface area contributed by atoms with E-state index in [1.807, 2.05) is 31.4 Å². The molecule has 19 heavy (non-hydrogen) atoms. The summed E-state index contributed by atoms with van der Waals surface area (Å²) in [6.07, 6.45) is 3.52. The van der Waals surface area contributed by atoms with E-state index in [0.29, 0.717) is 12.4 Å². The molecular weight excluding hydrogens is 244 g/mol. The molecule has 2 heterocycles. The highest BCUT2D eigenvalue weighted by Crippen LogP contribution is 2.20. The SMILES string of the molecule is CC.COc1nc(C)n2ccnc2c1CNC(C)=O. The van der Waals surface area contributed by atoms with Gasteiger partial charge in [-0.3, -0.25) is 9.20 Å². The first kappa shape index (κ1) is 14.9. The van der Waals surface area contributed by atoms with Crippen LogP contribution in [-0.2, 0) is 11.3 Å². The molecule has 0 unspecified atom stereocenters. The maximum atomic E-state index is 11.0. The molecule has 0 aromatic carbocycles. The highest BCUT2D eigenvalue weighted by molar-refractivity contribution is 5.73. The zero-order valence-corrected chi connectivity index (χ0v) is 12.0. The van der Waals surface area contributed by atoms with Crippen LogP contribution in [0.1, 0.15) is 32.2 Å². The molecule has 0 saturated heterocycles. The van der Waals surface area contributed by atoms with E-state index >= 15 is 0 Å². The number of nitrogens with zero attached hydrogens (tertiary/aromatic N) is 3. The zero-order valence-electron chi connectivity index (χ0n) is 12.0. The number of nitrogens with one attached hydrogen (secondary N) is 1. The van der Waals surface area contributed by atoms with Gasteiger partial charge < -0.3 is 10.1 Å². The third-order valence-corrected chi connectivity index (χ3v) is 2.49. The van der Waals surface area contributed by atoms with Gasteiger partial charge in [-0.15, -0.1) is 0 Å². The standard InChI is InChI=1S/C11H14N4O2.C2H6/c1-7-14-11(17-3)9(6-13-8(2)16)10-12-4-5-15(7)10;1-2/h4-5H,6H2,1-3H3,(H,13,16);1-2H3. The Hall–Kier alpha value is -2.11. The van der Waals surface area contributed by atoms with Crippen molar-refractivity contribution < 1.29 is 9.53 Å². The number of rotatable bonds is 3. The summed E-state index contributed by atoms with van der Waals surface area (Å²) in [5, 5.41) is 2.73. The van der Waals surface area contributed by atoms with Gasteiger partial charge >= 0.3 is 0 Å². The van der Waals surface area contributed by atoms with Crippen LogP contribution in [-0.4, -0.2) is 27.4 Å². The van der Waals surface area contributed by atoms with E-state index in [1.165, 1.54) is 6.92 Å². The number of ether oxygens (including phenoxy) is 1. The van der Waals surface area contributed by atoms with E-state index < -0.39 is 0 Å². The van der Waals surface area contributed by atoms with Gasteiger partial charge in [0.1, 0.15) is 11.5 Å². The minimum atomic E-state index is -0.0997. The quantitative estimate of drug-likeness (QED) is 0.916. The third kappa shape index (κ3) is 3.21. The minimum absolute atomic E-state index is 0.0997. The van der Waals surface area contributed by atoms with Crippen molar-refractivity contribution in [2.45, 2.75) is 34.2 Å². The molecule has 0 fully saturated rings. The number of aryl methyl sites for hydroxylation is 1. The maximum Gasteiger partial charge on any atom is 0.223 e. The molecule has 0 aliphatic carbocycles. The van der Waals surface area contributed by atoms with Crippen LogP contribution in [0, 0.1) is 6.92 Å². The number of imidazole rings is 1. The summed E-state index contributed by atoms with van der Waals surface area (Å²) in [4.78, 5) is 19.5. The Morgan fingerprint density at radius 3 is 2.74 bits per heavy atom. The Balaban J connectivity index is 0.000000861. The van der Waals surface area contributed by atoms with Gasteiger partial charge in [-0.05, 0) is 6.92 Å². The lowest BCUT2D eigenvalue weighted by Crippen LogP contribution is -2.20. The normalized spacial score (nSPS) is 9.74. The molecule has 2 aromatic rings. The van der Waals surface area contributed by atoms with Gasteiger partial charge in [0.05, 0.1) is 19.2 Å². The van der Waals surface area contributed by atoms with Crippen LogP contribution in [0.2, 0.25) is 0 Å². The van der Waals surface area contributed by atoms with Crippen LogP contribution in [0.15, 0.2) is 12.4 Å². The van der Waals surface area contributed by atoms with Crippen molar-refractivity contribution in [3.8, 4) is 5.88 Å². The topological polar surface area (TPSA) is 68.5 Å². The first-order valence-electron chi connectivity index (χ1n) is 6.24. The maximum absolute atomic E-state index is 11.0. The van der Waals surface area contributed by atoms with E-state index in [0.717, 1.165) is 17.0 Å². The molecule has 6 heteroatoms. The predicted molar refractivity (Wildman–Crippen MR) is 73.1 cm³/mol. The van der Waals surface area contributed by atoms with Gasteiger partial charge in [-0.25, -0.2) is 4.98 Å². The minimum Gasteiger partial charge on any atom is -0.481 e. The van der Waals surface area contributed by atoms with E-state index in [9.17, 15) is 4.79 Å². The summed E-state index contributed by atoms with van der Waals surface area (Å²) >= 11 is 0. The first-order valence-corrected chi connectivity index (χ1v) is 6.24. The van der Waals surface area contributed by atoms with Crippen molar-refractivity contribution in [3.63, 3.8) is 0 Å². The summed E-state index contributed by atoms with van der Waals surface area (Å²) in [7, 11) is 1.55. The molecule has 0 saturated carbocycles. The van der Waals surface area contributed by atoms with E-state index in [1.54, 1.807) is 13.3 Å². The second-order valence-electron chi connectivity index (χ2n) is 3.68. The second-order valence-corrected chi connectivity index (χ2v) is 3.68. The summed E-state index contributed by atoms with van der Waals surface area (Å²) in [6, 6.07) is 0. The van der Waals surface area contributed by atoms with Crippen molar-refractivity contribution in [1.82, 2.24) is 19.7 Å². The number of methoxy groups -OCH3 is 1. The lowest BCUT2D eigenvalue weighted by atomic mass is 10.3. The van der Waals surface area contributed by atoms with Crippen molar-refractivity contribution in [2.24, 2.45) is 0 Å². The molecule has 0 bridgehead atoms. The van der Waals surface area contributed by atoms with E-state index in [4.69, 9.17) is 4.74 Å². The number of carbonyl (C=O) groups is 1. The van der Waals surface area contributed by atoms with Gasteiger partial charge in [0.15, 0.2) is 0 Å². The Bertz CT molecular complexity index is 563. The summed E-state index contributed by atoms with van der Waals surface area (Å²) in [5.41, 5.74) is 1.53. The molecule has 1 amide bonds. The fourth-order valence-corrected chi connectivity index (χ4v) is 1.69. The number of hydrogen-bond donors (Lipinski definition) is 1. The number of fused-ring (bicyclic) bond motifs is 1. The largest absolute Gasteiger partial charge is 0.481 e.